The van der Waals surface area contributed by atoms with Gasteiger partial charge in [0.25, 0.3) is 5.56 Å². The Bertz CT molecular complexity index is 1030. The lowest BCUT2D eigenvalue weighted by molar-refractivity contribution is 0.196. The molecule has 0 aliphatic heterocycles. The number of hydrogen-bond donors (Lipinski definition) is 1. The standard InChI is InChI=1S/C21H21BrN2O3/c1-2-26-18-11-15(16(22)12-19(18)27-13-7-3-4-8-13)20-23-17-10-6-5-9-14(17)21(25)24-20/h5-6,9-13H,2-4,7-8H2,1H3,(H,23,24,25). The molecule has 1 saturated carbocycles. The van der Waals surface area contributed by atoms with Gasteiger partial charge in [-0.2, -0.15) is 0 Å². The summed E-state index contributed by atoms with van der Waals surface area (Å²) >= 11 is 3.61. The molecule has 0 atom stereocenters. The summed E-state index contributed by atoms with van der Waals surface area (Å²) in [5.41, 5.74) is 1.26. The molecule has 2 aromatic carbocycles. The number of aromatic amines is 1. The quantitative estimate of drug-likeness (QED) is 0.615. The van der Waals surface area contributed by atoms with Crippen molar-refractivity contribution in [3.05, 3.63) is 51.2 Å². The van der Waals surface area contributed by atoms with E-state index in [-0.39, 0.29) is 11.7 Å². The number of halogens is 1. The number of H-pyrrole nitrogens is 1. The van der Waals surface area contributed by atoms with E-state index in [9.17, 15) is 4.79 Å². The van der Waals surface area contributed by atoms with Gasteiger partial charge in [-0.3, -0.25) is 4.79 Å². The number of nitrogens with zero attached hydrogens (tertiary/aromatic N) is 1. The van der Waals surface area contributed by atoms with Crippen LogP contribution in [0.2, 0.25) is 0 Å². The van der Waals surface area contributed by atoms with Gasteiger partial charge in [0.1, 0.15) is 5.82 Å². The van der Waals surface area contributed by atoms with Gasteiger partial charge in [0.05, 0.1) is 23.6 Å². The highest BCUT2D eigenvalue weighted by Crippen LogP contribution is 2.39. The van der Waals surface area contributed by atoms with Crippen LogP contribution in [0.4, 0.5) is 0 Å². The molecule has 1 fully saturated rings. The summed E-state index contributed by atoms with van der Waals surface area (Å²) in [4.78, 5) is 19.9. The van der Waals surface area contributed by atoms with E-state index in [1.54, 1.807) is 6.07 Å². The minimum atomic E-state index is -0.160. The second-order valence-electron chi connectivity index (χ2n) is 6.67. The van der Waals surface area contributed by atoms with Crippen LogP contribution in [-0.2, 0) is 0 Å². The molecule has 1 aromatic heterocycles. The number of rotatable bonds is 5. The molecular weight excluding hydrogens is 408 g/mol. The molecule has 0 saturated heterocycles. The molecular formula is C21H21BrN2O3. The molecule has 1 aliphatic carbocycles. The van der Waals surface area contributed by atoms with E-state index in [1.807, 2.05) is 37.3 Å². The summed E-state index contributed by atoms with van der Waals surface area (Å²) in [6, 6.07) is 11.1. The van der Waals surface area contributed by atoms with Crippen molar-refractivity contribution in [1.29, 1.82) is 0 Å². The van der Waals surface area contributed by atoms with Gasteiger partial charge < -0.3 is 14.5 Å². The van der Waals surface area contributed by atoms with Crippen LogP contribution in [0.3, 0.4) is 0 Å². The van der Waals surface area contributed by atoms with E-state index < -0.39 is 0 Å². The van der Waals surface area contributed by atoms with E-state index in [0.29, 0.717) is 29.1 Å². The van der Waals surface area contributed by atoms with Gasteiger partial charge in [0.2, 0.25) is 0 Å². The summed E-state index contributed by atoms with van der Waals surface area (Å²) < 4.78 is 12.8. The van der Waals surface area contributed by atoms with Crippen LogP contribution in [0, 0.1) is 0 Å². The van der Waals surface area contributed by atoms with E-state index in [4.69, 9.17) is 9.47 Å². The first-order valence-electron chi connectivity index (χ1n) is 9.28. The third-order valence-corrected chi connectivity index (χ3v) is 5.45. The number of para-hydroxylation sites is 1. The third-order valence-electron chi connectivity index (χ3n) is 4.80. The molecule has 1 aliphatic rings. The Kier molecular flexibility index (Phi) is 5.16. The Labute approximate surface area is 165 Å². The lowest BCUT2D eigenvalue weighted by Crippen LogP contribution is -2.12. The fraction of sp³-hybridized carbons (Fsp3) is 0.333. The maximum atomic E-state index is 12.4. The summed E-state index contributed by atoms with van der Waals surface area (Å²) in [6.45, 7) is 2.47. The zero-order valence-corrected chi connectivity index (χ0v) is 16.7. The van der Waals surface area contributed by atoms with E-state index in [1.165, 1.54) is 12.8 Å². The van der Waals surface area contributed by atoms with Crippen LogP contribution in [0.15, 0.2) is 45.7 Å². The second-order valence-corrected chi connectivity index (χ2v) is 7.52. The molecule has 0 spiro atoms. The number of aromatic nitrogens is 2. The zero-order valence-electron chi connectivity index (χ0n) is 15.1. The van der Waals surface area contributed by atoms with Crippen molar-refractivity contribution in [2.75, 3.05) is 6.61 Å². The normalized spacial score (nSPS) is 14.6. The number of fused-ring (bicyclic) bond motifs is 1. The van der Waals surface area contributed by atoms with Crippen LogP contribution in [0.25, 0.3) is 22.3 Å². The molecule has 6 heteroatoms. The Balaban J connectivity index is 1.78. The van der Waals surface area contributed by atoms with Gasteiger partial charge in [-0.05, 0) is 72.8 Å². The van der Waals surface area contributed by atoms with Crippen molar-refractivity contribution in [2.45, 2.75) is 38.7 Å². The summed E-state index contributed by atoms with van der Waals surface area (Å²) in [7, 11) is 0. The smallest absolute Gasteiger partial charge is 0.259 e. The van der Waals surface area contributed by atoms with Crippen molar-refractivity contribution < 1.29 is 9.47 Å². The van der Waals surface area contributed by atoms with Crippen molar-refractivity contribution in [3.63, 3.8) is 0 Å². The maximum absolute atomic E-state index is 12.4. The van der Waals surface area contributed by atoms with Crippen LogP contribution in [0.1, 0.15) is 32.6 Å². The lowest BCUT2D eigenvalue weighted by atomic mass is 10.1. The number of nitrogens with one attached hydrogen (secondary N) is 1. The van der Waals surface area contributed by atoms with Crippen molar-refractivity contribution in [1.82, 2.24) is 9.97 Å². The average molecular weight is 429 g/mol. The van der Waals surface area contributed by atoms with Gasteiger partial charge in [-0.25, -0.2) is 4.98 Å². The second kappa shape index (κ2) is 7.72. The zero-order chi connectivity index (χ0) is 18.8. The maximum Gasteiger partial charge on any atom is 0.259 e. The molecule has 140 valence electrons. The highest BCUT2D eigenvalue weighted by atomic mass is 79.9. The molecule has 0 unspecified atom stereocenters. The molecule has 1 N–H and O–H groups in total. The van der Waals surface area contributed by atoms with Crippen molar-refractivity contribution in [3.8, 4) is 22.9 Å². The average Bonchev–Trinajstić information content (AvgIpc) is 3.17. The molecule has 3 aromatic rings. The minimum Gasteiger partial charge on any atom is -0.490 e. The predicted molar refractivity (Wildman–Crippen MR) is 110 cm³/mol. The number of hydrogen-bond acceptors (Lipinski definition) is 4. The van der Waals surface area contributed by atoms with Crippen LogP contribution >= 0.6 is 15.9 Å². The van der Waals surface area contributed by atoms with E-state index in [2.05, 4.69) is 25.9 Å². The molecule has 4 rings (SSSR count). The van der Waals surface area contributed by atoms with Crippen molar-refractivity contribution >= 4 is 26.8 Å². The number of benzene rings is 2. The lowest BCUT2D eigenvalue weighted by Gasteiger charge is -2.18. The topological polar surface area (TPSA) is 64.2 Å². The predicted octanol–water partition coefficient (Wildman–Crippen LogP) is 5.07. The highest BCUT2D eigenvalue weighted by Gasteiger charge is 2.21. The Morgan fingerprint density at radius 3 is 2.74 bits per heavy atom. The van der Waals surface area contributed by atoms with Crippen LogP contribution in [-0.4, -0.2) is 22.7 Å². The molecule has 0 radical (unpaired) electrons. The largest absolute Gasteiger partial charge is 0.490 e. The van der Waals surface area contributed by atoms with Crippen LogP contribution in [0.5, 0.6) is 11.5 Å². The molecule has 0 bridgehead atoms. The Morgan fingerprint density at radius 2 is 1.96 bits per heavy atom. The highest BCUT2D eigenvalue weighted by molar-refractivity contribution is 9.10. The molecule has 5 nitrogen and oxygen atoms in total. The van der Waals surface area contributed by atoms with Crippen molar-refractivity contribution in [2.24, 2.45) is 0 Å². The van der Waals surface area contributed by atoms with Gasteiger partial charge in [0, 0.05) is 10.0 Å². The van der Waals surface area contributed by atoms with E-state index in [0.717, 1.165) is 28.6 Å². The first-order valence-corrected chi connectivity index (χ1v) is 10.1. The van der Waals surface area contributed by atoms with E-state index >= 15 is 0 Å². The number of ether oxygens (including phenoxy) is 2. The Hall–Kier alpha value is -2.34. The fourth-order valence-corrected chi connectivity index (χ4v) is 3.99. The monoisotopic (exact) mass is 428 g/mol. The molecule has 27 heavy (non-hydrogen) atoms. The third kappa shape index (κ3) is 3.72. The van der Waals surface area contributed by atoms with Gasteiger partial charge in [-0.1, -0.05) is 12.1 Å². The Morgan fingerprint density at radius 1 is 1.19 bits per heavy atom. The molecule has 0 amide bonds. The van der Waals surface area contributed by atoms with Gasteiger partial charge in [-0.15, -0.1) is 0 Å². The van der Waals surface area contributed by atoms with Gasteiger partial charge in [0.15, 0.2) is 11.5 Å². The fourth-order valence-electron chi connectivity index (χ4n) is 3.48. The SMILES string of the molecule is CCOc1cc(-c2nc3ccccc3c(=O)[nH]2)c(Br)cc1OC1CCCC1. The first kappa shape index (κ1) is 18.0. The summed E-state index contributed by atoms with van der Waals surface area (Å²) in [6.07, 6.45) is 4.79. The first-order chi connectivity index (χ1) is 13.2. The molecule has 1 heterocycles. The summed E-state index contributed by atoms with van der Waals surface area (Å²) in [5.74, 6) is 1.89. The minimum absolute atomic E-state index is 0.160. The summed E-state index contributed by atoms with van der Waals surface area (Å²) in [5, 5.41) is 0.573. The van der Waals surface area contributed by atoms with Gasteiger partial charge >= 0.3 is 0 Å². The van der Waals surface area contributed by atoms with Crippen LogP contribution < -0.4 is 15.0 Å².